The molecule has 4 nitrogen and oxygen atoms in total. The fraction of sp³-hybridized carbons (Fsp3) is 0.909. The van der Waals surface area contributed by atoms with E-state index in [0.29, 0.717) is 23.8 Å². The zero-order chi connectivity index (χ0) is 18.6. The lowest BCUT2D eigenvalue weighted by atomic mass is 9.68. The molecule has 1 aliphatic heterocycles. The molecule has 9 atom stereocenters. The highest BCUT2D eigenvalue weighted by Gasteiger charge is 2.56. The van der Waals surface area contributed by atoms with Gasteiger partial charge in [0.15, 0.2) is 0 Å². The summed E-state index contributed by atoms with van der Waals surface area (Å²) in [6.07, 6.45) is 6.42. The highest BCUT2D eigenvalue weighted by Crippen LogP contribution is 2.46. The van der Waals surface area contributed by atoms with Crippen LogP contribution in [-0.2, 0) is 9.59 Å². The van der Waals surface area contributed by atoms with Crippen LogP contribution in [0.2, 0.25) is 0 Å². The quantitative estimate of drug-likeness (QED) is 0.742. The molecule has 0 bridgehead atoms. The Morgan fingerprint density at radius 2 is 1.69 bits per heavy atom. The largest absolute Gasteiger partial charge is 0.391 e. The third kappa shape index (κ3) is 3.07. The van der Waals surface area contributed by atoms with E-state index in [9.17, 15) is 14.7 Å². The molecule has 0 aromatic rings. The molecule has 0 spiro atoms. The zero-order valence-electron chi connectivity index (χ0n) is 16.5. The van der Waals surface area contributed by atoms with Crippen molar-refractivity contribution in [3.8, 4) is 0 Å². The number of carbonyl (C=O) groups is 2. The number of carbonyl (C=O) groups excluding carboxylic acids is 2. The predicted molar refractivity (Wildman–Crippen MR) is 101 cm³/mol. The van der Waals surface area contributed by atoms with Crippen molar-refractivity contribution in [1.29, 1.82) is 0 Å². The number of aliphatic hydroxyl groups is 1. The van der Waals surface area contributed by atoms with Gasteiger partial charge >= 0.3 is 0 Å². The predicted octanol–water partition coefficient (Wildman–Crippen LogP) is 2.97. The number of ketones is 2. The molecule has 3 saturated carbocycles. The van der Waals surface area contributed by atoms with E-state index in [2.05, 4.69) is 26.1 Å². The summed E-state index contributed by atoms with van der Waals surface area (Å²) in [6, 6.07) is 0.00769. The lowest BCUT2D eigenvalue weighted by Crippen LogP contribution is -2.61. The van der Waals surface area contributed by atoms with Crippen molar-refractivity contribution in [3.05, 3.63) is 0 Å². The average Bonchev–Trinajstić information content (AvgIpc) is 2.84. The molecule has 3 aliphatic carbocycles. The minimum Gasteiger partial charge on any atom is -0.391 e. The van der Waals surface area contributed by atoms with Crippen LogP contribution in [0.1, 0.15) is 65.7 Å². The first-order valence-corrected chi connectivity index (χ1v) is 10.9. The summed E-state index contributed by atoms with van der Waals surface area (Å²) in [4.78, 5) is 26.1. The maximum absolute atomic E-state index is 13.1. The first-order valence-electron chi connectivity index (χ1n) is 10.9. The molecule has 0 aromatic carbocycles. The topological polar surface area (TPSA) is 66.4 Å². The van der Waals surface area contributed by atoms with Crippen molar-refractivity contribution in [2.45, 2.75) is 83.9 Å². The van der Waals surface area contributed by atoms with Gasteiger partial charge in [-0.05, 0) is 68.6 Å². The number of hydrogen-bond acceptors (Lipinski definition) is 4. The Morgan fingerprint density at radius 1 is 0.962 bits per heavy atom. The van der Waals surface area contributed by atoms with Gasteiger partial charge in [-0.1, -0.05) is 20.8 Å². The minimum atomic E-state index is -0.603. The third-order valence-electron chi connectivity index (χ3n) is 8.15. The van der Waals surface area contributed by atoms with Crippen LogP contribution in [0.25, 0.3) is 0 Å². The smallest absolute Gasteiger partial charge is 0.148 e. The summed E-state index contributed by atoms with van der Waals surface area (Å²) < 4.78 is 0. The van der Waals surface area contributed by atoms with E-state index in [0.717, 1.165) is 44.4 Å². The van der Waals surface area contributed by atoms with Gasteiger partial charge in [-0.2, -0.15) is 0 Å². The van der Waals surface area contributed by atoms with Crippen LogP contribution in [0, 0.1) is 41.4 Å². The van der Waals surface area contributed by atoms with E-state index in [4.69, 9.17) is 0 Å². The summed E-state index contributed by atoms with van der Waals surface area (Å²) in [5, 5.41) is 14.4. The number of aliphatic hydroxyl groups excluding tert-OH is 1. The van der Waals surface area contributed by atoms with E-state index in [1.807, 2.05) is 0 Å². The van der Waals surface area contributed by atoms with Gasteiger partial charge in [-0.3, -0.25) is 9.59 Å². The molecule has 4 heteroatoms. The van der Waals surface area contributed by atoms with Gasteiger partial charge in [-0.25, -0.2) is 0 Å². The van der Waals surface area contributed by atoms with Gasteiger partial charge in [0.1, 0.15) is 11.6 Å². The Morgan fingerprint density at radius 3 is 2.42 bits per heavy atom. The third-order valence-corrected chi connectivity index (χ3v) is 8.15. The van der Waals surface area contributed by atoms with Crippen molar-refractivity contribution in [2.75, 3.05) is 0 Å². The van der Waals surface area contributed by atoms with Crippen LogP contribution in [0.15, 0.2) is 0 Å². The molecule has 26 heavy (non-hydrogen) atoms. The fourth-order valence-electron chi connectivity index (χ4n) is 6.51. The van der Waals surface area contributed by atoms with E-state index in [1.54, 1.807) is 0 Å². The lowest BCUT2D eigenvalue weighted by molar-refractivity contribution is -0.133. The second kappa shape index (κ2) is 7.01. The fourth-order valence-corrected chi connectivity index (χ4v) is 6.51. The summed E-state index contributed by atoms with van der Waals surface area (Å²) in [6.45, 7) is 6.77. The Labute approximate surface area is 157 Å². The van der Waals surface area contributed by atoms with Crippen LogP contribution in [0.5, 0.6) is 0 Å². The van der Waals surface area contributed by atoms with Crippen molar-refractivity contribution < 1.29 is 14.7 Å². The summed E-state index contributed by atoms with van der Waals surface area (Å²) >= 11 is 0. The molecule has 9 unspecified atom stereocenters. The molecule has 1 heterocycles. The first kappa shape index (κ1) is 18.6. The monoisotopic (exact) mass is 361 g/mol. The van der Waals surface area contributed by atoms with E-state index >= 15 is 0 Å². The number of piperidine rings is 1. The SMILES string of the molecule is CC1CCC2C(=O)C(C3NC4CCC(C(C)C)CC4CC3O)C(=O)C2C1. The van der Waals surface area contributed by atoms with Gasteiger partial charge in [0.2, 0.25) is 0 Å². The second-order valence-corrected chi connectivity index (χ2v) is 10.1. The van der Waals surface area contributed by atoms with Gasteiger partial charge in [-0.15, -0.1) is 0 Å². The number of hydrogen-bond donors (Lipinski definition) is 2. The first-order chi connectivity index (χ1) is 12.4. The Hall–Kier alpha value is -0.740. The van der Waals surface area contributed by atoms with Crippen molar-refractivity contribution in [2.24, 2.45) is 41.4 Å². The second-order valence-electron chi connectivity index (χ2n) is 10.1. The normalized spacial score (nSPS) is 49.2. The van der Waals surface area contributed by atoms with Crippen LogP contribution in [0.3, 0.4) is 0 Å². The molecular weight excluding hydrogens is 326 g/mol. The van der Waals surface area contributed by atoms with Crippen LogP contribution in [-0.4, -0.2) is 34.9 Å². The van der Waals surface area contributed by atoms with Crippen LogP contribution < -0.4 is 5.32 Å². The van der Waals surface area contributed by atoms with E-state index in [-0.39, 0.29) is 29.4 Å². The maximum atomic E-state index is 13.1. The molecule has 0 amide bonds. The standard InChI is InChI=1S/C22H35NO3/c1-11(2)13-5-7-17-14(9-13)10-18(24)20(23-17)19-21(25)15-6-4-12(3)8-16(15)22(19)26/h11-20,23-24H,4-10H2,1-3H3. The Kier molecular flexibility index (Phi) is 5.02. The van der Waals surface area contributed by atoms with Gasteiger partial charge in [0.05, 0.1) is 12.0 Å². The van der Waals surface area contributed by atoms with Gasteiger partial charge in [0, 0.05) is 23.9 Å². The molecule has 0 aromatic heterocycles. The minimum absolute atomic E-state index is 0.0768. The molecule has 1 saturated heterocycles. The van der Waals surface area contributed by atoms with Crippen molar-refractivity contribution >= 4 is 11.6 Å². The van der Waals surface area contributed by atoms with Crippen LogP contribution >= 0.6 is 0 Å². The van der Waals surface area contributed by atoms with E-state index < -0.39 is 12.0 Å². The zero-order valence-corrected chi connectivity index (χ0v) is 16.5. The van der Waals surface area contributed by atoms with Gasteiger partial charge < -0.3 is 10.4 Å². The summed E-state index contributed by atoms with van der Waals surface area (Å²) in [7, 11) is 0. The molecule has 2 N–H and O–H groups in total. The summed E-state index contributed by atoms with van der Waals surface area (Å²) in [5.74, 6) is 1.92. The molecule has 4 aliphatic rings. The molecular formula is C22H35NO3. The van der Waals surface area contributed by atoms with Crippen molar-refractivity contribution in [3.63, 3.8) is 0 Å². The highest BCUT2D eigenvalue weighted by molar-refractivity contribution is 6.12. The maximum Gasteiger partial charge on any atom is 0.148 e. The van der Waals surface area contributed by atoms with Gasteiger partial charge in [0.25, 0.3) is 0 Å². The Bertz CT molecular complexity index is 574. The number of nitrogens with one attached hydrogen (secondary N) is 1. The Balaban J connectivity index is 1.49. The highest BCUT2D eigenvalue weighted by atomic mass is 16.3. The average molecular weight is 362 g/mol. The number of fused-ring (bicyclic) bond motifs is 2. The van der Waals surface area contributed by atoms with Crippen LogP contribution in [0.4, 0.5) is 0 Å². The molecule has 0 radical (unpaired) electrons. The molecule has 4 fully saturated rings. The number of rotatable bonds is 2. The molecule has 146 valence electrons. The molecule has 4 rings (SSSR count). The van der Waals surface area contributed by atoms with E-state index in [1.165, 1.54) is 6.42 Å². The van der Waals surface area contributed by atoms with Crippen molar-refractivity contribution in [1.82, 2.24) is 5.32 Å². The summed E-state index contributed by atoms with van der Waals surface area (Å²) in [5.41, 5.74) is 0. The number of Topliss-reactive ketones (excluding diaryl/α,β-unsaturated/α-hetero) is 2. The lowest BCUT2D eigenvalue weighted by Gasteiger charge is -2.47.